The van der Waals surface area contributed by atoms with Crippen LogP contribution >= 0.6 is 15.9 Å². The van der Waals surface area contributed by atoms with E-state index >= 15 is 0 Å². The Hall–Kier alpha value is -1.87. The van der Waals surface area contributed by atoms with Gasteiger partial charge in [-0.3, -0.25) is 4.79 Å². The van der Waals surface area contributed by atoms with Crippen molar-refractivity contribution in [3.8, 4) is 0 Å². The Morgan fingerprint density at radius 1 is 1.00 bits per heavy atom. The number of nitrogens with one attached hydrogen (secondary N) is 1. The summed E-state index contributed by atoms with van der Waals surface area (Å²) < 4.78 is 1.03. The van der Waals surface area contributed by atoms with Gasteiger partial charge in [0.2, 0.25) is 0 Å². The van der Waals surface area contributed by atoms with E-state index in [1.165, 1.54) is 0 Å². The van der Waals surface area contributed by atoms with E-state index in [0.717, 1.165) is 21.3 Å². The lowest BCUT2D eigenvalue weighted by atomic mass is 10.0. The number of amides is 1. The minimum atomic E-state index is -0.0425. The van der Waals surface area contributed by atoms with Gasteiger partial charge in [-0.1, -0.05) is 46.3 Å². The minimum absolute atomic E-state index is 0.0425. The third-order valence-corrected chi connectivity index (χ3v) is 3.42. The molecular formula is C15H10BrNO. The molecule has 0 spiro atoms. The zero-order chi connectivity index (χ0) is 12.5. The lowest BCUT2D eigenvalue weighted by molar-refractivity contribution is -0.110. The summed E-state index contributed by atoms with van der Waals surface area (Å²) in [5.41, 5.74) is 3.57. The number of hydrogen-bond donors (Lipinski definition) is 1. The molecule has 2 nitrogen and oxygen atoms in total. The summed E-state index contributed by atoms with van der Waals surface area (Å²) in [5.74, 6) is -0.0425. The molecule has 0 aliphatic carbocycles. The predicted molar refractivity (Wildman–Crippen MR) is 77.1 cm³/mol. The van der Waals surface area contributed by atoms with E-state index in [1.807, 2.05) is 54.6 Å². The van der Waals surface area contributed by atoms with Gasteiger partial charge in [-0.25, -0.2) is 0 Å². The number of para-hydroxylation sites is 1. The van der Waals surface area contributed by atoms with Crippen LogP contribution in [0.1, 0.15) is 11.1 Å². The molecule has 18 heavy (non-hydrogen) atoms. The molecule has 1 aliphatic rings. The summed E-state index contributed by atoms with van der Waals surface area (Å²) in [5, 5.41) is 2.86. The summed E-state index contributed by atoms with van der Waals surface area (Å²) in [4.78, 5) is 11.9. The highest BCUT2D eigenvalue weighted by atomic mass is 79.9. The predicted octanol–water partition coefficient (Wildman–Crippen LogP) is 3.94. The molecule has 1 heterocycles. The van der Waals surface area contributed by atoms with Crippen LogP contribution in [-0.4, -0.2) is 5.91 Å². The fourth-order valence-corrected chi connectivity index (χ4v) is 2.27. The molecule has 3 rings (SSSR count). The largest absolute Gasteiger partial charge is 0.321 e. The lowest BCUT2D eigenvalue weighted by Gasteiger charge is -1.98. The SMILES string of the molecule is O=C1Nc2ccccc2C1=Cc1ccc(Br)cc1. The topological polar surface area (TPSA) is 29.1 Å². The Morgan fingerprint density at radius 2 is 1.72 bits per heavy atom. The van der Waals surface area contributed by atoms with Crippen molar-refractivity contribution >= 4 is 39.2 Å². The lowest BCUT2D eigenvalue weighted by Crippen LogP contribution is -2.03. The Balaban J connectivity index is 2.07. The normalized spacial score (nSPS) is 15.6. The first-order valence-corrected chi connectivity index (χ1v) is 6.41. The fraction of sp³-hybridized carbons (Fsp3) is 0. The summed E-state index contributed by atoms with van der Waals surface area (Å²) in [6, 6.07) is 15.6. The van der Waals surface area contributed by atoms with Crippen molar-refractivity contribution in [2.45, 2.75) is 0 Å². The molecule has 0 atom stereocenters. The van der Waals surface area contributed by atoms with Crippen LogP contribution < -0.4 is 5.32 Å². The molecule has 0 unspecified atom stereocenters. The molecule has 1 amide bonds. The van der Waals surface area contributed by atoms with Crippen LogP contribution in [0.3, 0.4) is 0 Å². The van der Waals surface area contributed by atoms with Crippen LogP contribution in [0, 0.1) is 0 Å². The number of hydrogen-bond acceptors (Lipinski definition) is 1. The van der Waals surface area contributed by atoms with E-state index < -0.39 is 0 Å². The number of anilines is 1. The standard InChI is InChI=1S/C15H10BrNO/c16-11-7-5-10(6-8-11)9-13-12-3-1-2-4-14(12)17-15(13)18/h1-9H,(H,17,18). The number of halogens is 1. The maximum absolute atomic E-state index is 11.9. The summed E-state index contributed by atoms with van der Waals surface area (Å²) in [6.07, 6.45) is 1.91. The molecule has 0 bridgehead atoms. The summed E-state index contributed by atoms with van der Waals surface area (Å²) >= 11 is 3.40. The number of carbonyl (C=O) groups excluding carboxylic acids is 1. The molecule has 0 fully saturated rings. The third-order valence-electron chi connectivity index (χ3n) is 2.89. The van der Waals surface area contributed by atoms with Gasteiger partial charge in [0, 0.05) is 21.3 Å². The summed E-state index contributed by atoms with van der Waals surface area (Å²) in [7, 11) is 0. The number of benzene rings is 2. The second-order valence-corrected chi connectivity index (χ2v) is 5.02. The fourth-order valence-electron chi connectivity index (χ4n) is 2.01. The van der Waals surface area contributed by atoms with Gasteiger partial charge in [0.1, 0.15) is 0 Å². The van der Waals surface area contributed by atoms with Crippen LogP contribution in [0.2, 0.25) is 0 Å². The molecule has 2 aromatic carbocycles. The molecule has 1 aliphatic heterocycles. The highest BCUT2D eigenvalue weighted by Crippen LogP contribution is 2.32. The molecule has 0 aromatic heterocycles. The van der Waals surface area contributed by atoms with E-state index in [4.69, 9.17) is 0 Å². The average Bonchev–Trinajstić information content (AvgIpc) is 2.69. The molecule has 88 valence electrons. The van der Waals surface area contributed by atoms with E-state index in [2.05, 4.69) is 21.2 Å². The number of rotatable bonds is 1. The maximum Gasteiger partial charge on any atom is 0.256 e. The van der Waals surface area contributed by atoms with Crippen LogP contribution in [0.4, 0.5) is 5.69 Å². The van der Waals surface area contributed by atoms with Gasteiger partial charge >= 0.3 is 0 Å². The van der Waals surface area contributed by atoms with Crippen molar-refractivity contribution in [2.24, 2.45) is 0 Å². The van der Waals surface area contributed by atoms with Gasteiger partial charge in [0.25, 0.3) is 5.91 Å². The maximum atomic E-state index is 11.9. The van der Waals surface area contributed by atoms with Crippen molar-refractivity contribution in [3.63, 3.8) is 0 Å². The monoisotopic (exact) mass is 299 g/mol. The van der Waals surface area contributed by atoms with Crippen LogP contribution in [0.15, 0.2) is 53.0 Å². The van der Waals surface area contributed by atoms with Gasteiger partial charge in [0.05, 0.1) is 0 Å². The first kappa shape index (κ1) is 11.2. The quantitative estimate of drug-likeness (QED) is 0.794. The van der Waals surface area contributed by atoms with Gasteiger partial charge in [-0.15, -0.1) is 0 Å². The van der Waals surface area contributed by atoms with Crippen LogP contribution in [0.25, 0.3) is 11.6 Å². The molecular weight excluding hydrogens is 290 g/mol. The second-order valence-electron chi connectivity index (χ2n) is 4.11. The average molecular weight is 300 g/mol. The first-order valence-electron chi connectivity index (χ1n) is 5.62. The van der Waals surface area contributed by atoms with E-state index in [1.54, 1.807) is 0 Å². The Morgan fingerprint density at radius 3 is 2.50 bits per heavy atom. The Labute approximate surface area is 113 Å². The highest BCUT2D eigenvalue weighted by molar-refractivity contribution is 9.10. The molecule has 3 heteroatoms. The molecule has 0 radical (unpaired) electrons. The number of fused-ring (bicyclic) bond motifs is 1. The van der Waals surface area contributed by atoms with Gasteiger partial charge < -0.3 is 5.32 Å². The number of carbonyl (C=O) groups is 1. The van der Waals surface area contributed by atoms with Crippen LogP contribution in [-0.2, 0) is 4.79 Å². The second kappa shape index (κ2) is 4.42. The van der Waals surface area contributed by atoms with E-state index in [-0.39, 0.29) is 5.91 Å². The highest BCUT2D eigenvalue weighted by Gasteiger charge is 2.22. The molecule has 0 saturated carbocycles. The van der Waals surface area contributed by atoms with E-state index in [9.17, 15) is 4.79 Å². The smallest absolute Gasteiger partial charge is 0.256 e. The van der Waals surface area contributed by atoms with Gasteiger partial charge in [-0.2, -0.15) is 0 Å². The van der Waals surface area contributed by atoms with Gasteiger partial charge in [-0.05, 0) is 29.8 Å². The Bertz CT molecular complexity index is 644. The molecule has 1 N–H and O–H groups in total. The van der Waals surface area contributed by atoms with Crippen molar-refractivity contribution < 1.29 is 4.79 Å². The van der Waals surface area contributed by atoms with Crippen molar-refractivity contribution in [1.82, 2.24) is 0 Å². The van der Waals surface area contributed by atoms with Crippen molar-refractivity contribution in [3.05, 3.63) is 64.1 Å². The molecule has 0 saturated heterocycles. The van der Waals surface area contributed by atoms with Gasteiger partial charge in [0.15, 0.2) is 0 Å². The zero-order valence-corrected chi connectivity index (χ0v) is 11.1. The Kier molecular flexibility index (Phi) is 2.76. The van der Waals surface area contributed by atoms with E-state index in [0.29, 0.717) is 5.57 Å². The van der Waals surface area contributed by atoms with Crippen molar-refractivity contribution in [2.75, 3.05) is 5.32 Å². The summed E-state index contributed by atoms with van der Waals surface area (Å²) in [6.45, 7) is 0. The molecule has 2 aromatic rings. The van der Waals surface area contributed by atoms with Crippen LogP contribution in [0.5, 0.6) is 0 Å². The zero-order valence-electron chi connectivity index (χ0n) is 9.48. The first-order chi connectivity index (χ1) is 8.74. The van der Waals surface area contributed by atoms with Crippen molar-refractivity contribution in [1.29, 1.82) is 0 Å². The minimum Gasteiger partial charge on any atom is -0.321 e. The third kappa shape index (κ3) is 1.97.